The molecule has 0 fully saturated rings. The van der Waals surface area contributed by atoms with Gasteiger partial charge in [-0.05, 0) is 39.5 Å². The third-order valence-corrected chi connectivity index (χ3v) is 3.80. The van der Waals surface area contributed by atoms with Crippen molar-refractivity contribution in [3.63, 3.8) is 0 Å². The van der Waals surface area contributed by atoms with E-state index in [2.05, 4.69) is 31.3 Å². The predicted molar refractivity (Wildman–Crippen MR) is 82.1 cm³/mol. The van der Waals surface area contributed by atoms with Crippen LogP contribution in [0.2, 0.25) is 0 Å². The number of hydrogen-bond acceptors (Lipinski definition) is 1. The maximum absolute atomic E-state index is 11.9. The van der Waals surface area contributed by atoms with E-state index >= 15 is 0 Å². The highest BCUT2D eigenvalue weighted by atomic mass is 16.1. The van der Waals surface area contributed by atoms with Crippen LogP contribution in [0.15, 0.2) is 12.2 Å². The molecule has 1 amide bonds. The van der Waals surface area contributed by atoms with Crippen LogP contribution in [-0.2, 0) is 4.79 Å². The first-order valence-electron chi connectivity index (χ1n) is 8.06. The van der Waals surface area contributed by atoms with Crippen LogP contribution in [0.4, 0.5) is 0 Å². The Morgan fingerprint density at radius 1 is 0.895 bits per heavy atom. The van der Waals surface area contributed by atoms with E-state index in [1.807, 2.05) is 0 Å². The first kappa shape index (κ1) is 16.3. The Morgan fingerprint density at radius 3 is 2.16 bits per heavy atom. The highest BCUT2D eigenvalue weighted by molar-refractivity contribution is 5.76. The second-order valence-corrected chi connectivity index (χ2v) is 6.47. The fourth-order valence-electron chi connectivity index (χ4n) is 2.60. The van der Waals surface area contributed by atoms with Gasteiger partial charge < -0.3 is 5.32 Å². The third kappa shape index (κ3) is 8.85. The van der Waals surface area contributed by atoms with Gasteiger partial charge in [0.2, 0.25) is 5.91 Å². The molecule has 0 aromatic rings. The summed E-state index contributed by atoms with van der Waals surface area (Å²) in [7, 11) is 0. The van der Waals surface area contributed by atoms with Crippen molar-refractivity contribution in [2.75, 3.05) is 0 Å². The van der Waals surface area contributed by atoms with Crippen LogP contribution >= 0.6 is 0 Å². The molecular weight excluding hydrogens is 234 g/mol. The lowest BCUT2D eigenvalue weighted by molar-refractivity contribution is -0.122. The summed E-state index contributed by atoms with van der Waals surface area (Å²) in [5, 5.41) is 3.15. The van der Waals surface area contributed by atoms with Gasteiger partial charge in [0.15, 0.2) is 0 Å². The molecule has 2 nitrogen and oxygen atoms in total. The number of amides is 1. The molecule has 2 heteroatoms. The number of carbonyl (C=O) groups is 1. The number of nitrogens with one attached hydrogen (secondary N) is 1. The van der Waals surface area contributed by atoms with Gasteiger partial charge in [-0.2, -0.15) is 0 Å². The molecule has 0 unspecified atom stereocenters. The number of hydrogen-bond donors (Lipinski definition) is 1. The lowest BCUT2D eigenvalue weighted by Gasteiger charge is -2.25. The fourth-order valence-corrected chi connectivity index (χ4v) is 2.60. The standard InChI is InChI=1S/C17H31NO/c1-17(2)15-13-11-9-7-5-3-4-6-8-10-12-14-16(19)18-17/h11,13H,3-10,12,14-15H2,1-2H3,(H,18,19)/b13-11-. The Balaban J connectivity index is 2.41. The lowest BCUT2D eigenvalue weighted by atomic mass is 9.98. The normalized spacial score (nSPS) is 25.5. The number of rotatable bonds is 0. The van der Waals surface area contributed by atoms with E-state index in [4.69, 9.17) is 0 Å². The SMILES string of the molecule is CC1(C)C/C=C\CCCCCCCCCCC(=O)N1. The summed E-state index contributed by atoms with van der Waals surface area (Å²) < 4.78 is 0. The Labute approximate surface area is 119 Å². The van der Waals surface area contributed by atoms with Gasteiger partial charge in [-0.25, -0.2) is 0 Å². The van der Waals surface area contributed by atoms with Gasteiger partial charge in [-0.1, -0.05) is 50.7 Å². The zero-order valence-corrected chi connectivity index (χ0v) is 12.8. The minimum absolute atomic E-state index is 0.106. The van der Waals surface area contributed by atoms with E-state index in [1.54, 1.807) is 0 Å². The molecule has 0 atom stereocenters. The molecule has 1 aliphatic rings. The van der Waals surface area contributed by atoms with Crippen LogP contribution < -0.4 is 5.32 Å². The molecule has 1 heterocycles. The predicted octanol–water partition coefficient (Wildman–Crippen LogP) is 4.74. The van der Waals surface area contributed by atoms with Gasteiger partial charge in [0.25, 0.3) is 0 Å². The molecule has 110 valence electrons. The van der Waals surface area contributed by atoms with Gasteiger partial charge in [0, 0.05) is 12.0 Å². The smallest absolute Gasteiger partial charge is 0.220 e. The summed E-state index contributed by atoms with van der Waals surface area (Å²) in [4.78, 5) is 11.9. The van der Waals surface area contributed by atoms with E-state index in [1.165, 1.54) is 51.4 Å². The summed E-state index contributed by atoms with van der Waals surface area (Å²) in [5.41, 5.74) is -0.106. The van der Waals surface area contributed by atoms with Crippen LogP contribution in [0.3, 0.4) is 0 Å². The molecule has 0 saturated carbocycles. The van der Waals surface area contributed by atoms with E-state index in [0.717, 1.165) is 12.8 Å². The van der Waals surface area contributed by atoms with Crippen molar-refractivity contribution < 1.29 is 4.79 Å². The van der Waals surface area contributed by atoms with Gasteiger partial charge in [-0.15, -0.1) is 0 Å². The second kappa shape index (κ2) is 9.17. The van der Waals surface area contributed by atoms with Crippen molar-refractivity contribution in [1.82, 2.24) is 5.32 Å². The average molecular weight is 265 g/mol. The first-order chi connectivity index (χ1) is 9.10. The molecule has 19 heavy (non-hydrogen) atoms. The topological polar surface area (TPSA) is 29.1 Å². The Bertz CT molecular complexity index is 281. The Hall–Kier alpha value is -0.790. The number of allylic oxidation sites excluding steroid dienone is 1. The van der Waals surface area contributed by atoms with Crippen LogP contribution in [0.5, 0.6) is 0 Å². The third-order valence-electron chi connectivity index (χ3n) is 3.80. The van der Waals surface area contributed by atoms with Crippen molar-refractivity contribution in [2.24, 2.45) is 0 Å². The van der Waals surface area contributed by atoms with Crippen molar-refractivity contribution >= 4 is 5.91 Å². The van der Waals surface area contributed by atoms with E-state index in [0.29, 0.717) is 6.42 Å². The molecule has 1 N–H and O–H groups in total. The molecule has 0 saturated heterocycles. The zero-order valence-electron chi connectivity index (χ0n) is 12.8. The molecule has 0 radical (unpaired) electrons. The summed E-state index contributed by atoms with van der Waals surface area (Å²) in [6.07, 6.45) is 17.6. The molecule has 0 spiro atoms. The first-order valence-corrected chi connectivity index (χ1v) is 8.06. The van der Waals surface area contributed by atoms with Gasteiger partial charge in [0.1, 0.15) is 0 Å². The van der Waals surface area contributed by atoms with Crippen LogP contribution in [0, 0.1) is 0 Å². The fraction of sp³-hybridized carbons (Fsp3) is 0.824. The quantitative estimate of drug-likeness (QED) is 0.630. The average Bonchev–Trinajstić information content (AvgIpc) is 2.33. The molecule has 1 aliphatic heterocycles. The molecular formula is C17H31NO. The van der Waals surface area contributed by atoms with Crippen molar-refractivity contribution in [3.8, 4) is 0 Å². The van der Waals surface area contributed by atoms with E-state index < -0.39 is 0 Å². The second-order valence-electron chi connectivity index (χ2n) is 6.47. The summed E-state index contributed by atoms with van der Waals surface area (Å²) in [6, 6.07) is 0. The Morgan fingerprint density at radius 2 is 1.47 bits per heavy atom. The summed E-state index contributed by atoms with van der Waals surface area (Å²) >= 11 is 0. The minimum Gasteiger partial charge on any atom is -0.351 e. The van der Waals surface area contributed by atoms with E-state index in [9.17, 15) is 4.79 Å². The van der Waals surface area contributed by atoms with Gasteiger partial charge in [0.05, 0.1) is 0 Å². The molecule has 0 aliphatic carbocycles. The van der Waals surface area contributed by atoms with Crippen LogP contribution in [0.1, 0.15) is 84.5 Å². The largest absolute Gasteiger partial charge is 0.351 e. The van der Waals surface area contributed by atoms with Crippen LogP contribution in [-0.4, -0.2) is 11.4 Å². The molecule has 0 aromatic heterocycles. The van der Waals surface area contributed by atoms with Gasteiger partial charge >= 0.3 is 0 Å². The lowest BCUT2D eigenvalue weighted by Crippen LogP contribution is -2.42. The summed E-state index contributed by atoms with van der Waals surface area (Å²) in [5.74, 6) is 0.213. The van der Waals surface area contributed by atoms with Crippen molar-refractivity contribution in [3.05, 3.63) is 12.2 Å². The monoisotopic (exact) mass is 265 g/mol. The van der Waals surface area contributed by atoms with Crippen LogP contribution in [0.25, 0.3) is 0 Å². The highest BCUT2D eigenvalue weighted by Crippen LogP contribution is 2.14. The Kier molecular flexibility index (Phi) is 7.85. The minimum atomic E-state index is -0.106. The summed E-state index contributed by atoms with van der Waals surface area (Å²) in [6.45, 7) is 4.22. The molecule has 1 rings (SSSR count). The molecule has 0 bridgehead atoms. The van der Waals surface area contributed by atoms with Crippen molar-refractivity contribution in [1.29, 1.82) is 0 Å². The maximum atomic E-state index is 11.9. The number of carbonyl (C=O) groups excluding carboxylic acids is 1. The zero-order chi connectivity index (χ0) is 14.0. The van der Waals surface area contributed by atoms with E-state index in [-0.39, 0.29) is 11.4 Å². The van der Waals surface area contributed by atoms with Crippen molar-refractivity contribution in [2.45, 2.75) is 90.0 Å². The molecule has 0 aromatic carbocycles. The van der Waals surface area contributed by atoms with Gasteiger partial charge in [-0.3, -0.25) is 4.79 Å². The maximum Gasteiger partial charge on any atom is 0.220 e. The highest BCUT2D eigenvalue weighted by Gasteiger charge is 2.18.